The molecule has 0 atom stereocenters. The van der Waals surface area contributed by atoms with Gasteiger partial charge in [-0.3, -0.25) is 0 Å². The van der Waals surface area contributed by atoms with Crippen LogP contribution in [0.2, 0.25) is 0 Å². The molecule has 1 heterocycles. The minimum Gasteiger partial charge on any atom is -0.467 e. The van der Waals surface area contributed by atoms with Gasteiger partial charge in [0.05, 0.1) is 7.11 Å². The predicted molar refractivity (Wildman–Crippen MR) is 50.0 cm³/mol. The lowest BCUT2D eigenvalue weighted by Crippen LogP contribution is -2.11. The van der Waals surface area contributed by atoms with E-state index in [-0.39, 0.29) is 17.8 Å². The number of halogens is 3. The van der Waals surface area contributed by atoms with Gasteiger partial charge in [-0.15, -0.1) is 0 Å². The van der Waals surface area contributed by atoms with Crippen molar-refractivity contribution in [3.63, 3.8) is 0 Å². The van der Waals surface area contributed by atoms with E-state index in [0.29, 0.717) is 0 Å². The molecule has 1 aromatic rings. The highest BCUT2D eigenvalue weighted by atomic mass is 35.6. The molecule has 0 radical (unpaired) electrons. The summed E-state index contributed by atoms with van der Waals surface area (Å²) in [6.07, 6.45) is 0. The smallest absolute Gasteiger partial charge is 0.321 e. The molecular formula is C5H5Cl3N4O. The number of hydrogen-bond acceptors (Lipinski definition) is 5. The van der Waals surface area contributed by atoms with E-state index in [1.165, 1.54) is 7.11 Å². The lowest BCUT2D eigenvalue weighted by Gasteiger charge is -2.09. The summed E-state index contributed by atoms with van der Waals surface area (Å²) in [5.41, 5.74) is 5.31. The van der Waals surface area contributed by atoms with Gasteiger partial charge >= 0.3 is 6.01 Å². The van der Waals surface area contributed by atoms with Gasteiger partial charge in [-0.25, -0.2) is 0 Å². The molecule has 13 heavy (non-hydrogen) atoms. The maximum Gasteiger partial charge on any atom is 0.321 e. The summed E-state index contributed by atoms with van der Waals surface area (Å²) in [4.78, 5) is 11.0. The van der Waals surface area contributed by atoms with Crippen molar-refractivity contribution in [3.05, 3.63) is 5.82 Å². The SMILES string of the molecule is COc1nc(N)nc(C(Cl)(Cl)Cl)n1. The molecule has 0 aromatic carbocycles. The number of methoxy groups -OCH3 is 1. The first-order valence-electron chi connectivity index (χ1n) is 3.06. The number of nitrogens with zero attached hydrogens (tertiary/aromatic N) is 3. The zero-order valence-electron chi connectivity index (χ0n) is 6.46. The molecule has 0 amide bonds. The Morgan fingerprint density at radius 1 is 1.23 bits per heavy atom. The third-order valence-corrected chi connectivity index (χ3v) is 1.58. The van der Waals surface area contributed by atoms with E-state index in [9.17, 15) is 0 Å². The first-order valence-corrected chi connectivity index (χ1v) is 4.19. The predicted octanol–water partition coefficient (Wildman–Crippen LogP) is 1.29. The summed E-state index contributed by atoms with van der Waals surface area (Å²) in [6.45, 7) is 0. The number of nitrogen functional groups attached to an aromatic ring is 1. The van der Waals surface area contributed by atoms with Crippen LogP contribution < -0.4 is 10.5 Å². The summed E-state index contributed by atoms with van der Waals surface area (Å²) < 4.78 is 2.98. The van der Waals surface area contributed by atoms with Crippen molar-refractivity contribution in [3.8, 4) is 6.01 Å². The van der Waals surface area contributed by atoms with E-state index >= 15 is 0 Å². The van der Waals surface area contributed by atoms with Crippen molar-refractivity contribution in [2.45, 2.75) is 3.79 Å². The summed E-state index contributed by atoms with van der Waals surface area (Å²) in [5, 5.41) is 0. The van der Waals surface area contributed by atoms with Crippen LogP contribution in [0.4, 0.5) is 5.95 Å². The van der Waals surface area contributed by atoms with Crippen LogP contribution in [-0.4, -0.2) is 22.1 Å². The highest BCUT2D eigenvalue weighted by molar-refractivity contribution is 6.66. The summed E-state index contributed by atoms with van der Waals surface area (Å²) >= 11 is 16.6. The molecule has 0 bridgehead atoms. The van der Waals surface area contributed by atoms with E-state index in [2.05, 4.69) is 15.0 Å². The van der Waals surface area contributed by atoms with Gasteiger partial charge in [0.25, 0.3) is 0 Å². The Morgan fingerprint density at radius 3 is 2.31 bits per heavy atom. The lowest BCUT2D eigenvalue weighted by molar-refractivity contribution is 0.377. The van der Waals surface area contributed by atoms with Gasteiger partial charge in [-0.2, -0.15) is 15.0 Å². The van der Waals surface area contributed by atoms with Crippen LogP contribution in [0.5, 0.6) is 6.01 Å². The van der Waals surface area contributed by atoms with E-state index in [1.807, 2.05) is 0 Å². The van der Waals surface area contributed by atoms with Gasteiger partial charge in [0.1, 0.15) is 0 Å². The topological polar surface area (TPSA) is 73.9 Å². The Morgan fingerprint density at radius 2 is 1.85 bits per heavy atom. The molecule has 0 saturated carbocycles. The fourth-order valence-electron chi connectivity index (χ4n) is 0.590. The van der Waals surface area contributed by atoms with Crippen LogP contribution in [0.25, 0.3) is 0 Å². The van der Waals surface area contributed by atoms with Crippen molar-refractivity contribution in [2.24, 2.45) is 0 Å². The molecule has 1 rings (SSSR count). The van der Waals surface area contributed by atoms with Crippen molar-refractivity contribution in [2.75, 3.05) is 12.8 Å². The second kappa shape index (κ2) is 3.69. The number of alkyl halides is 3. The third-order valence-electron chi connectivity index (χ3n) is 1.07. The van der Waals surface area contributed by atoms with Crippen molar-refractivity contribution < 1.29 is 4.74 Å². The number of anilines is 1. The van der Waals surface area contributed by atoms with Crippen LogP contribution in [0.3, 0.4) is 0 Å². The number of nitrogens with two attached hydrogens (primary N) is 1. The molecule has 72 valence electrons. The fourth-order valence-corrected chi connectivity index (χ4v) is 0.844. The summed E-state index contributed by atoms with van der Waals surface area (Å²) in [6, 6.07) is 0.00817. The standard InChI is InChI=1S/C5H5Cl3N4O/c1-13-4-11-2(5(6,7)8)10-3(9)12-4/h1H3,(H2,9,10,11,12). The molecule has 2 N–H and O–H groups in total. The average Bonchev–Trinajstić information content (AvgIpc) is 2.01. The monoisotopic (exact) mass is 242 g/mol. The van der Waals surface area contributed by atoms with Crippen LogP contribution >= 0.6 is 34.8 Å². The van der Waals surface area contributed by atoms with Crippen LogP contribution in [0.1, 0.15) is 5.82 Å². The van der Waals surface area contributed by atoms with Crippen LogP contribution in [-0.2, 0) is 3.79 Å². The van der Waals surface area contributed by atoms with Crippen molar-refractivity contribution >= 4 is 40.8 Å². The summed E-state index contributed by atoms with van der Waals surface area (Å²) in [7, 11) is 1.37. The molecule has 0 saturated heterocycles. The molecular weight excluding hydrogens is 238 g/mol. The van der Waals surface area contributed by atoms with Crippen LogP contribution in [0.15, 0.2) is 0 Å². The lowest BCUT2D eigenvalue weighted by atomic mass is 10.7. The first kappa shape index (κ1) is 10.6. The zero-order chi connectivity index (χ0) is 10.1. The number of rotatable bonds is 1. The van der Waals surface area contributed by atoms with Gasteiger partial charge in [0.2, 0.25) is 9.74 Å². The zero-order valence-corrected chi connectivity index (χ0v) is 8.73. The van der Waals surface area contributed by atoms with Crippen LogP contribution in [0, 0.1) is 0 Å². The summed E-state index contributed by atoms with van der Waals surface area (Å²) in [5.74, 6) is -0.130. The van der Waals surface area contributed by atoms with Gasteiger partial charge in [-0.1, -0.05) is 34.8 Å². The Bertz CT molecular complexity index is 313. The van der Waals surface area contributed by atoms with E-state index < -0.39 is 3.79 Å². The highest BCUT2D eigenvalue weighted by Gasteiger charge is 2.28. The first-order chi connectivity index (χ1) is 5.93. The number of hydrogen-bond donors (Lipinski definition) is 1. The molecule has 1 aromatic heterocycles. The maximum atomic E-state index is 5.53. The normalized spacial score (nSPS) is 11.4. The third kappa shape index (κ3) is 2.72. The number of aromatic nitrogens is 3. The molecule has 0 aliphatic carbocycles. The van der Waals surface area contributed by atoms with Gasteiger partial charge in [0, 0.05) is 0 Å². The quantitative estimate of drug-likeness (QED) is 0.752. The minimum absolute atomic E-state index is 0.00817. The Hall–Kier alpha value is -0.520. The minimum atomic E-state index is -1.73. The molecule has 0 unspecified atom stereocenters. The number of ether oxygens (including phenoxy) is 1. The Kier molecular flexibility index (Phi) is 3.00. The molecule has 0 aliphatic rings. The van der Waals surface area contributed by atoms with E-state index in [0.717, 1.165) is 0 Å². The van der Waals surface area contributed by atoms with E-state index in [1.54, 1.807) is 0 Å². The second-order valence-corrected chi connectivity index (χ2v) is 4.28. The molecule has 8 heteroatoms. The van der Waals surface area contributed by atoms with Crippen molar-refractivity contribution in [1.82, 2.24) is 15.0 Å². The molecule has 0 aliphatic heterocycles. The fraction of sp³-hybridized carbons (Fsp3) is 0.400. The molecule has 5 nitrogen and oxygen atoms in total. The Balaban J connectivity index is 3.16. The van der Waals surface area contributed by atoms with E-state index in [4.69, 9.17) is 45.3 Å². The van der Waals surface area contributed by atoms with Crippen molar-refractivity contribution in [1.29, 1.82) is 0 Å². The average molecular weight is 243 g/mol. The molecule has 0 spiro atoms. The largest absolute Gasteiger partial charge is 0.467 e. The van der Waals surface area contributed by atoms with Gasteiger partial charge < -0.3 is 10.5 Å². The molecule has 0 fully saturated rings. The van der Waals surface area contributed by atoms with Gasteiger partial charge in [-0.05, 0) is 0 Å². The Labute approximate surface area is 89.2 Å². The van der Waals surface area contributed by atoms with Gasteiger partial charge in [0.15, 0.2) is 5.82 Å². The maximum absolute atomic E-state index is 5.53. The second-order valence-electron chi connectivity index (χ2n) is 2.00. The highest BCUT2D eigenvalue weighted by Crippen LogP contribution is 2.36.